The predicted octanol–water partition coefficient (Wildman–Crippen LogP) is -2.81. The maximum Gasteiger partial charge on any atom is 0.239 e. The van der Waals surface area contributed by atoms with Gasteiger partial charge < -0.3 is 37.2 Å². The van der Waals surface area contributed by atoms with Gasteiger partial charge >= 0.3 is 0 Å². The molecule has 1 heterocycles. The van der Waals surface area contributed by atoms with Crippen LogP contribution in [0.1, 0.15) is 40.5 Å². The number of hydrogen-bond acceptors (Lipinski definition) is 8. The second-order valence-electron chi connectivity index (χ2n) is 6.85. The topological polar surface area (TPSA) is 204 Å². The van der Waals surface area contributed by atoms with Crippen LogP contribution in [0.2, 0.25) is 0 Å². The van der Waals surface area contributed by atoms with Crippen LogP contribution in [0.4, 0.5) is 0 Å². The summed E-state index contributed by atoms with van der Waals surface area (Å²) in [6, 6.07) is 0. The Balaban J connectivity index is -0.00000120. The molecule has 0 aromatic rings. The monoisotopic (exact) mass is 535 g/mol. The van der Waals surface area contributed by atoms with Gasteiger partial charge in [0.25, 0.3) is 0 Å². The molecule has 0 spiro atoms. The lowest BCUT2D eigenvalue weighted by Gasteiger charge is -2.08. The Kier molecular flexibility index (Phi) is 27.1. The van der Waals surface area contributed by atoms with Crippen molar-refractivity contribution in [1.29, 1.82) is 0 Å². The van der Waals surface area contributed by atoms with E-state index in [1.807, 2.05) is 0 Å². The minimum atomic E-state index is -0.658. The van der Waals surface area contributed by atoms with E-state index in [9.17, 15) is 33.6 Å². The Labute approximate surface area is 217 Å². The summed E-state index contributed by atoms with van der Waals surface area (Å²) in [5.74, 6) is -4.61. The predicted molar refractivity (Wildman–Crippen MR) is 138 cm³/mol. The molecule has 1 aliphatic heterocycles. The van der Waals surface area contributed by atoms with Gasteiger partial charge in [0.2, 0.25) is 41.4 Å². The fourth-order valence-corrected chi connectivity index (χ4v) is 1.69. The second-order valence-corrected chi connectivity index (χ2v) is 6.85. The molecule has 0 atom stereocenters. The number of hydrogen-bond donors (Lipinski definition) is 8. The molecule has 1 saturated heterocycles. The van der Waals surface area contributed by atoms with Crippen LogP contribution in [0.5, 0.6) is 0 Å². The summed E-state index contributed by atoms with van der Waals surface area (Å²) in [5, 5.41) is 15.6. The lowest BCUT2D eigenvalue weighted by Crippen LogP contribution is -2.46. The fourth-order valence-electron chi connectivity index (χ4n) is 1.69. The summed E-state index contributed by atoms with van der Waals surface area (Å²) >= 11 is 3.53. The van der Waals surface area contributed by atoms with Crippen LogP contribution >= 0.6 is 12.6 Å². The maximum atomic E-state index is 11.5. The van der Waals surface area contributed by atoms with Crippen molar-refractivity contribution < 1.29 is 33.6 Å². The van der Waals surface area contributed by atoms with Crippen molar-refractivity contribution in [2.75, 3.05) is 52.1 Å². The van der Waals surface area contributed by atoms with Crippen molar-refractivity contribution in [3.05, 3.63) is 0 Å². The first kappa shape index (κ1) is 37.2. The van der Waals surface area contributed by atoms with Gasteiger partial charge in [0.1, 0.15) is 0 Å². The highest BCUT2D eigenvalue weighted by Gasteiger charge is 2.12. The van der Waals surface area contributed by atoms with Crippen molar-refractivity contribution in [2.45, 2.75) is 40.5 Å². The summed E-state index contributed by atoms with van der Waals surface area (Å²) in [5.41, 5.74) is 0. The molecule has 0 unspecified atom stereocenters. The van der Waals surface area contributed by atoms with Gasteiger partial charge in [0.15, 0.2) is 0 Å². The van der Waals surface area contributed by atoms with E-state index in [1.165, 1.54) is 12.8 Å². The average Bonchev–Trinajstić information content (AvgIpc) is 2.86. The number of nitrogens with one attached hydrogen (secondary N) is 7. The van der Waals surface area contributed by atoms with E-state index in [1.54, 1.807) is 6.26 Å². The zero-order valence-electron chi connectivity index (χ0n) is 21.7. The fraction of sp³-hybridized carbons (Fsp3) is 0.667. The molecule has 36 heavy (non-hydrogen) atoms. The van der Waals surface area contributed by atoms with Crippen LogP contribution in [0.25, 0.3) is 0 Å². The third-order valence-electron chi connectivity index (χ3n) is 3.12. The zero-order chi connectivity index (χ0) is 28.4. The van der Waals surface area contributed by atoms with E-state index >= 15 is 0 Å². The van der Waals surface area contributed by atoms with Gasteiger partial charge in [-0.15, -0.1) is 0 Å². The van der Waals surface area contributed by atoms with E-state index in [0.29, 0.717) is 0 Å². The minimum absolute atomic E-state index is 0.424. The Morgan fingerprint density at radius 3 is 0.556 bits per heavy atom. The molecule has 0 radical (unpaired) electrons. The van der Waals surface area contributed by atoms with Crippen LogP contribution in [0, 0.1) is 0 Å². The number of carbonyl (C=O) groups is 7. The highest BCUT2D eigenvalue weighted by atomic mass is 32.1. The van der Waals surface area contributed by atoms with E-state index in [2.05, 4.69) is 77.5 Å². The summed E-state index contributed by atoms with van der Waals surface area (Å²) in [7, 11) is 0. The largest absolute Gasteiger partial charge is 0.346 e. The third kappa shape index (κ3) is 26.9. The summed E-state index contributed by atoms with van der Waals surface area (Å²) in [6.45, 7) is 5.53. The van der Waals surface area contributed by atoms with Crippen molar-refractivity contribution in [1.82, 2.24) is 37.2 Å². The van der Waals surface area contributed by atoms with Crippen molar-refractivity contribution in [3.63, 3.8) is 0 Å². The van der Waals surface area contributed by atoms with Gasteiger partial charge in [-0.3, -0.25) is 33.6 Å². The molecule has 0 aromatic carbocycles. The van der Waals surface area contributed by atoms with Gasteiger partial charge in [-0.1, -0.05) is 40.5 Å². The molecule has 15 heteroatoms. The molecule has 1 fully saturated rings. The summed E-state index contributed by atoms with van der Waals surface area (Å²) in [4.78, 5) is 80.7. The smallest absolute Gasteiger partial charge is 0.239 e. The molecular formula is C21H41N7O7S. The first-order valence-corrected chi connectivity index (χ1v) is 12.3. The van der Waals surface area contributed by atoms with Crippen LogP contribution in [0.15, 0.2) is 0 Å². The Bertz CT molecular complexity index is 505. The molecule has 208 valence electrons. The van der Waals surface area contributed by atoms with Gasteiger partial charge in [0, 0.05) is 0 Å². The quantitative estimate of drug-likeness (QED) is 0.153. The molecule has 1 rings (SSSR count). The number of rotatable bonds is 0. The molecular weight excluding hydrogens is 494 g/mol. The first-order chi connectivity index (χ1) is 17.1. The van der Waals surface area contributed by atoms with Crippen LogP contribution in [-0.2, 0) is 33.6 Å². The molecule has 7 amide bonds. The van der Waals surface area contributed by atoms with E-state index < -0.39 is 87.2 Å². The Hall–Kier alpha value is -3.36. The minimum Gasteiger partial charge on any atom is -0.346 e. The van der Waals surface area contributed by atoms with Crippen molar-refractivity contribution in [3.8, 4) is 0 Å². The van der Waals surface area contributed by atoms with Gasteiger partial charge in [-0.05, 0) is 6.26 Å². The molecule has 0 bridgehead atoms. The van der Waals surface area contributed by atoms with E-state index in [-0.39, 0.29) is 0 Å². The first-order valence-electron chi connectivity index (χ1n) is 11.4. The molecule has 7 N–H and O–H groups in total. The lowest BCUT2D eigenvalue weighted by molar-refractivity contribution is -0.129. The molecule has 1 aliphatic rings. The lowest BCUT2D eigenvalue weighted by atomic mass is 10.4. The maximum absolute atomic E-state index is 11.5. The van der Waals surface area contributed by atoms with E-state index in [4.69, 9.17) is 0 Å². The number of thiol groups is 1. The molecule has 0 saturated carbocycles. The highest BCUT2D eigenvalue weighted by molar-refractivity contribution is 7.79. The average molecular weight is 536 g/mol. The van der Waals surface area contributed by atoms with Crippen LogP contribution in [0.3, 0.4) is 0 Å². The van der Waals surface area contributed by atoms with Crippen molar-refractivity contribution >= 4 is 54.0 Å². The van der Waals surface area contributed by atoms with E-state index in [0.717, 1.165) is 0 Å². The highest BCUT2D eigenvalue weighted by Crippen LogP contribution is 1.74. The molecule has 0 aliphatic carbocycles. The van der Waals surface area contributed by atoms with Crippen molar-refractivity contribution in [2.24, 2.45) is 0 Å². The second kappa shape index (κ2) is 26.2. The summed E-state index contributed by atoms with van der Waals surface area (Å²) < 4.78 is 0. The van der Waals surface area contributed by atoms with Gasteiger partial charge in [-0.25, -0.2) is 0 Å². The standard InChI is InChI=1S/C14H21N7O7.2C3H8.CH4S/c22-8-1-15-9(23)2-17-11(25)4-19-13(27)6-21-14(28)7-20-12(26)5-18-10(24)3-16-8;2*1-3-2;1-2/h1-7H2,(H,15,23)(H,16,22)(H,17,25)(H,18,24)(H,19,27)(H,20,26)(H,21,28);2*3H2,1-2H3;2H,1H3. The number of amides is 7. The number of carbonyl (C=O) groups excluding carboxylic acids is 7. The van der Waals surface area contributed by atoms with Crippen LogP contribution in [-0.4, -0.2) is 93.4 Å². The zero-order valence-corrected chi connectivity index (χ0v) is 22.6. The Morgan fingerprint density at radius 1 is 0.389 bits per heavy atom. The third-order valence-corrected chi connectivity index (χ3v) is 3.12. The molecule has 14 nitrogen and oxygen atoms in total. The van der Waals surface area contributed by atoms with Gasteiger partial charge in [0.05, 0.1) is 45.8 Å². The SMILES string of the molecule is CCC.CCC.CS.O=C1CNC(=O)CNC(=O)CNC(=O)CNC(=O)CNC(=O)CNC(=O)CN1. The van der Waals surface area contributed by atoms with Crippen LogP contribution < -0.4 is 37.2 Å². The Morgan fingerprint density at radius 2 is 0.472 bits per heavy atom. The molecule has 0 aromatic heterocycles. The van der Waals surface area contributed by atoms with Gasteiger partial charge in [-0.2, -0.15) is 12.6 Å². The summed E-state index contributed by atoms with van der Waals surface area (Å²) in [6.07, 6.45) is 4.19. The normalized spacial score (nSPS) is 16.3.